The summed E-state index contributed by atoms with van der Waals surface area (Å²) in [5.41, 5.74) is 0.839. The molecule has 9 heteroatoms. The Morgan fingerprint density at radius 3 is 2.41 bits per heavy atom. The van der Waals surface area contributed by atoms with Gasteiger partial charge >= 0.3 is 5.97 Å². The van der Waals surface area contributed by atoms with E-state index in [4.69, 9.17) is 9.47 Å². The third-order valence-electron chi connectivity index (χ3n) is 10.0. The molecule has 32 heavy (non-hydrogen) atoms. The van der Waals surface area contributed by atoms with Crippen molar-refractivity contribution in [1.29, 1.82) is 0 Å². The average Bonchev–Trinajstić information content (AvgIpc) is 3.49. The molecule has 7 rings (SSSR count). The van der Waals surface area contributed by atoms with Crippen LogP contribution in [0.25, 0.3) is 0 Å². The molecule has 4 nitrogen and oxygen atoms in total. The monoisotopic (exact) mass is 536 g/mol. The Kier molecular flexibility index (Phi) is 7.31. The predicted octanol–water partition coefficient (Wildman–Crippen LogP) is 3.92. The first-order valence-corrected chi connectivity index (χ1v) is 10.7. The molecule has 0 aromatic rings. The number of ketones is 1. The third-order valence-corrected chi connectivity index (χ3v) is 10.0. The van der Waals surface area contributed by atoms with Gasteiger partial charge in [0.1, 0.15) is 11.2 Å². The summed E-state index contributed by atoms with van der Waals surface area (Å²) in [4.78, 5) is 24.1. The molecular weight excluding hydrogens is 501 g/mol. The summed E-state index contributed by atoms with van der Waals surface area (Å²) < 4.78 is 12.7. The number of ether oxygens (including phenoxy) is 2. The van der Waals surface area contributed by atoms with E-state index in [1.807, 2.05) is 6.08 Å². The van der Waals surface area contributed by atoms with Crippen LogP contribution in [0.5, 0.6) is 0 Å². The summed E-state index contributed by atoms with van der Waals surface area (Å²) in [7, 11) is 0. The van der Waals surface area contributed by atoms with E-state index >= 15 is 0 Å². The van der Waals surface area contributed by atoms with E-state index in [1.165, 1.54) is 12.0 Å². The average molecular weight is 537 g/mol. The highest BCUT2D eigenvalue weighted by Crippen LogP contribution is 2.82. The highest BCUT2D eigenvalue weighted by Gasteiger charge is 2.85. The van der Waals surface area contributed by atoms with Gasteiger partial charge in [0.05, 0.1) is 6.10 Å². The summed E-state index contributed by atoms with van der Waals surface area (Å²) in [6.45, 7) is 4.70. The quantitative estimate of drug-likeness (QED) is 0.348. The van der Waals surface area contributed by atoms with Gasteiger partial charge in [-0.05, 0) is 74.9 Å². The molecule has 4 saturated carbocycles. The lowest BCUT2D eigenvalue weighted by Gasteiger charge is -2.55. The molecular formula is C23H36O4S5. The Hall–Kier alpha value is 0.330. The fourth-order valence-corrected chi connectivity index (χ4v) is 8.75. The Balaban J connectivity index is 0.000000726. The van der Waals surface area contributed by atoms with Crippen LogP contribution in [0.15, 0.2) is 23.8 Å². The molecule has 2 spiro atoms. The molecule has 182 valence electrons. The maximum Gasteiger partial charge on any atom is 0.306 e. The first-order valence-electron chi connectivity index (χ1n) is 10.7. The number of esters is 1. The van der Waals surface area contributed by atoms with Crippen LogP contribution in [0.2, 0.25) is 0 Å². The zero-order valence-corrected chi connectivity index (χ0v) is 23.5. The Morgan fingerprint density at radius 2 is 1.75 bits per heavy atom. The molecule has 0 amide bonds. The lowest BCUT2D eigenvalue weighted by molar-refractivity contribution is -0.164. The zero-order valence-electron chi connectivity index (χ0n) is 18.5. The molecule has 0 aromatic heterocycles. The van der Waals surface area contributed by atoms with Crippen molar-refractivity contribution >= 4 is 79.2 Å². The first kappa shape index (κ1) is 28.6. The van der Waals surface area contributed by atoms with Gasteiger partial charge in [-0.15, -0.1) is 0 Å². The SMILES string of the molecule is C[C@]12C=CC(=O)C=C1[C@@H]1CC1[C@H]1[C@@H]3CC[C@@]4(CCC(=O)O4)[C@@]3(C)CC3O[C@]312.S.S.S.S.S. The molecule has 2 aliphatic heterocycles. The van der Waals surface area contributed by atoms with Crippen LogP contribution in [-0.2, 0) is 19.1 Å². The predicted molar refractivity (Wildman–Crippen MR) is 148 cm³/mol. The summed E-state index contributed by atoms with van der Waals surface area (Å²) in [5, 5.41) is 0. The van der Waals surface area contributed by atoms with Crippen molar-refractivity contribution in [3.8, 4) is 0 Å². The largest absolute Gasteiger partial charge is 0.458 e. The molecule has 2 unspecified atom stereocenters. The Morgan fingerprint density at radius 1 is 1.03 bits per heavy atom. The van der Waals surface area contributed by atoms with Gasteiger partial charge in [0.15, 0.2) is 5.78 Å². The fraction of sp³-hybridized carbons (Fsp3) is 0.739. The van der Waals surface area contributed by atoms with Gasteiger partial charge in [-0.1, -0.05) is 18.6 Å². The maximum absolute atomic E-state index is 12.1. The van der Waals surface area contributed by atoms with E-state index in [1.54, 1.807) is 6.08 Å². The normalized spacial score (nSPS) is 51.8. The highest BCUT2D eigenvalue weighted by molar-refractivity contribution is 7.60. The number of carbonyl (C=O) groups is 2. The van der Waals surface area contributed by atoms with Crippen LogP contribution in [0.1, 0.15) is 52.4 Å². The third kappa shape index (κ3) is 2.87. The molecule has 7 aliphatic rings. The summed E-state index contributed by atoms with van der Waals surface area (Å²) in [5.74, 6) is 2.41. The second-order valence-electron chi connectivity index (χ2n) is 10.7. The molecule has 5 aliphatic carbocycles. The van der Waals surface area contributed by atoms with Gasteiger partial charge < -0.3 is 9.47 Å². The summed E-state index contributed by atoms with van der Waals surface area (Å²) >= 11 is 0. The van der Waals surface area contributed by atoms with Crippen LogP contribution in [-0.4, -0.2) is 29.1 Å². The van der Waals surface area contributed by atoms with E-state index in [9.17, 15) is 9.59 Å². The first-order chi connectivity index (χ1) is 12.8. The van der Waals surface area contributed by atoms with Crippen LogP contribution < -0.4 is 0 Å². The van der Waals surface area contributed by atoms with Crippen molar-refractivity contribution in [1.82, 2.24) is 0 Å². The van der Waals surface area contributed by atoms with Crippen molar-refractivity contribution in [2.24, 2.45) is 34.5 Å². The van der Waals surface area contributed by atoms with Gasteiger partial charge in [0.25, 0.3) is 0 Å². The molecule has 2 heterocycles. The van der Waals surface area contributed by atoms with Gasteiger partial charge in [0, 0.05) is 17.3 Å². The summed E-state index contributed by atoms with van der Waals surface area (Å²) in [6.07, 6.45) is 11.9. The zero-order chi connectivity index (χ0) is 18.4. The number of allylic oxidation sites excluding steroid dienone is 2. The van der Waals surface area contributed by atoms with Crippen LogP contribution in [0.4, 0.5) is 0 Å². The lowest BCUT2D eigenvalue weighted by Crippen LogP contribution is -2.60. The molecule has 6 fully saturated rings. The van der Waals surface area contributed by atoms with E-state index in [2.05, 4.69) is 19.9 Å². The van der Waals surface area contributed by atoms with Crippen molar-refractivity contribution in [2.45, 2.75) is 69.7 Å². The smallest absolute Gasteiger partial charge is 0.306 e. The number of hydrogen-bond acceptors (Lipinski definition) is 4. The minimum Gasteiger partial charge on any atom is -0.458 e. The van der Waals surface area contributed by atoms with Crippen molar-refractivity contribution in [3.05, 3.63) is 23.8 Å². The number of epoxide rings is 1. The molecule has 9 atom stereocenters. The topological polar surface area (TPSA) is 55.9 Å². The Bertz CT molecular complexity index is 907. The molecule has 0 bridgehead atoms. The minimum atomic E-state index is -0.257. The molecule has 2 saturated heterocycles. The van der Waals surface area contributed by atoms with Gasteiger partial charge in [-0.2, -0.15) is 67.5 Å². The lowest BCUT2D eigenvalue weighted by atomic mass is 9.47. The van der Waals surface area contributed by atoms with Crippen molar-refractivity contribution < 1.29 is 19.1 Å². The second kappa shape index (κ2) is 8.19. The van der Waals surface area contributed by atoms with Crippen LogP contribution >= 0.6 is 67.5 Å². The van der Waals surface area contributed by atoms with Crippen LogP contribution in [0.3, 0.4) is 0 Å². The summed E-state index contributed by atoms with van der Waals surface area (Å²) in [6, 6.07) is 0. The minimum absolute atomic E-state index is 0. The van der Waals surface area contributed by atoms with E-state index in [0.717, 1.165) is 25.7 Å². The highest BCUT2D eigenvalue weighted by atomic mass is 32.1. The van der Waals surface area contributed by atoms with Crippen molar-refractivity contribution in [2.75, 3.05) is 0 Å². The fourth-order valence-electron chi connectivity index (χ4n) is 8.75. The Labute approximate surface area is 225 Å². The number of carbonyl (C=O) groups excluding carboxylic acids is 2. The van der Waals surface area contributed by atoms with Gasteiger partial charge in [-0.25, -0.2) is 0 Å². The van der Waals surface area contributed by atoms with Crippen LogP contribution in [0, 0.1) is 34.5 Å². The number of fused-ring (bicyclic) bond motifs is 7. The van der Waals surface area contributed by atoms with E-state index in [-0.39, 0.29) is 107 Å². The molecule has 0 aromatic carbocycles. The van der Waals surface area contributed by atoms with Gasteiger partial charge in [0.2, 0.25) is 0 Å². The molecule has 0 N–H and O–H groups in total. The number of rotatable bonds is 0. The van der Waals surface area contributed by atoms with E-state index in [0.29, 0.717) is 30.1 Å². The van der Waals surface area contributed by atoms with Crippen molar-refractivity contribution in [3.63, 3.8) is 0 Å². The van der Waals surface area contributed by atoms with E-state index < -0.39 is 0 Å². The van der Waals surface area contributed by atoms with Gasteiger partial charge in [-0.3, -0.25) is 9.59 Å². The standard InChI is InChI=1S/C23H26O4.5H2S/c1-20-6-3-12(24)9-16(20)13-10-14(13)19-15-4-7-22(8-5-18(25)27-22)21(15,2)11-17-23(19,20)26-17;;;;;/h3,6,9,13-15,17,19H,4-5,7-8,10-11H2,1-2H3;5*1H2/t13-,14?,15+,17?,19+,20+,21+,22-,23-;;;;;/m1...../s1. The molecule has 0 radical (unpaired) electrons. The number of hydrogen-bond donors (Lipinski definition) is 0. The second-order valence-corrected chi connectivity index (χ2v) is 10.7. The maximum atomic E-state index is 12.1.